The maximum absolute atomic E-state index is 12.6. The second-order valence-corrected chi connectivity index (χ2v) is 12.1. The summed E-state index contributed by atoms with van der Waals surface area (Å²) < 4.78 is 0. The van der Waals surface area contributed by atoms with Gasteiger partial charge in [0.2, 0.25) is 0 Å². The van der Waals surface area contributed by atoms with Crippen molar-refractivity contribution in [2.75, 3.05) is 0 Å². The Hall–Kier alpha value is -2.74. The average Bonchev–Trinajstić information content (AvgIpc) is 2.87. The summed E-state index contributed by atoms with van der Waals surface area (Å²) in [6, 6.07) is 17.4. The first-order valence-electron chi connectivity index (χ1n) is 13.5. The molecule has 2 aromatic carbocycles. The molecular formula is C33H34O2. The molecule has 0 N–H and O–H groups in total. The van der Waals surface area contributed by atoms with Gasteiger partial charge in [0.1, 0.15) is 11.6 Å². The minimum atomic E-state index is -0.184. The highest BCUT2D eigenvalue weighted by Gasteiger charge is 2.69. The summed E-state index contributed by atoms with van der Waals surface area (Å²) in [5.74, 6) is 1.34. The smallest absolute Gasteiger partial charge is 0.145 e. The van der Waals surface area contributed by atoms with Crippen molar-refractivity contribution in [1.29, 1.82) is 0 Å². The van der Waals surface area contributed by atoms with Crippen LogP contribution in [0.3, 0.4) is 0 Å². The maximum atomic E-state index is 12.6. The molecule has 0 aromatic heterocycles. The number of carbonyl (C=O) groups excluding carboxylic acids is 2. The van der Waals surface area contributed by atoms with Crippen LogP contribution < -0.4 is 0 Å². The van der Waals surface area contributed by atoms with Gasteiger partial charge in [0, 0.05) is 23.7 Å². The largest absolute Gasteiger partial charge is 0.299 e. The molecule has 0 aliphatic heterocycles. The van der Waals surface area contributed by atoms with Crippen LogP contribution in [0.1, 0.15) is 74.1 Å². The van der Waals surface area contributed by atoms with Crippen LogP contribution in [0.4, 0.5) is 0 Å². The fraction of sp³-hybridized carbons (Fsp3) is 0.455. The van der Waals surface area contributed by atoms with Gasteiger partial charge in [-0.3, -0.25) is 9.59 Å². The van der Waals surface area contributed by atoms with Gasteiger partial charge in [0.25, 0.3) is 0 Å². The van der Waals surface area contributed by atoms with E-state index in [2.05, 4.69) is 79.8 Å². The summed E-state index contributed by atoms with van der Waals surface area (Å²) >= 11 is 0. The lowest BCUT2D eigenvalue weighted by molar-refractivity contribution is -0.156. The molecule has 0 amide bonds. The zero-order valence-corrected chi connectivity index (χ0v) is 20.7. The number of Topliss-reactive ketones (excluding diaryl/α,β-unsaturated/α-hetero) is 2. The SMILES string of the molecule is C[C@H]1C=CCC23CCc4ccccc4C12C(=O)C3.O=C1CC23CC=CCC12CCc1ccccc13. The Bertz CT molecular complexity index is 1320. The highest BCUT2D eigenvalue weighted by molar-refractivity contribution is 6.00. The summed E-state index contributed by atoms with van der Waals surface area (Å²) in [5.41, 5.74) is 5.88. The van der Waals surface area contributed by atoms with Gasteiger partial charge in [0.05, 0.1) is 5.41 Å². The number of allylic oxidation sites excluding steroid dienone is 4. The molecule has 8 rings (SSSR count). The van der Waals surface area contributed by atoms with E-state index in [4.69, 9.17) is 0 Å². The minimum Gasteiger partial charge on any atom is -0.299 e. The molecule has 0 radical (unpaired) electrons. The first-order valence-corrected chi connectivity index (χ1v) is 13.5. The van der Waals surface area contributed by atoms with E-state index in [1.807, 2.05) is 0 Å². The standard InChI is InChI=1S/C17H18O.C16H16O/c1-12-5-4-9-16-10-8-13-6-2-3-7-14(13)17(12,16)15(18)11-16;17-14-11-16-9-4-3-8-15(14,16)10-7-12-5-1-2-6-13(12)16/h2-7,12H,8-11H2,1H3;1-6H,7-11H2/t12-,16?,17?;/m0./s1. The van der Waals surface area contributed by atoms with Crippen LogP contribution >= 0.6 is 0 Å². The lowest BCUT2D eigenvalue weighted by atomic mass is 9.36. The van der Waals surface area contributed by atoms with Crippen LogP contribution in [0.5, 0.6) is 0 Å². The number of aryl methyl sites for hydroxylation is 2. The maximum Gasteiger partial charge on any atom is 0.145 e. The Balaban J connectivity index is 0.000000120. The molecule has 2 saturated carbocycles. The molecule has 178 valence electrons. The monoisotopic (exact) mass is 462 g/mol. The van der Waals surface area contributed by atoms with Crippen molar-refractivity contribution >= 4 is 11.6 Å². The molecule has 4 unspecified atom stereocenters. The van der Waals surface area contributed by atoms with E-state index in [0.717, 1.165) is 51.4 Å². The molecule has 0 bridgehead atoms. The summed E-state index contributed by atoms with van der Waals surface area (Å²) in [4.78, 5) is 24.7. The molecule has 6 aliphatic carbocycles. The molecule has 2 fully saturated rings. The Morgan fingerprint density at radius 1 is 0.686 bits per heavy atom. The predicted octanol–water partition coefficient (Wildman–Crippen LogP) is 6.61. The van der Waals surface area contributed by atoms with Crippen molar-refractivity contribution in [2.45, 2.75) is 75.5 Å². The molecular weight excluding hydrogens is 428 g/mol. The number of hydrogen-bond acceptors (Lipinski definition) is 2. The molecule has 2 aromatic rings. The highest BCUT2D eigenvalue weighted by Crippen LogP contribution is 2.68. The van der Waals surface area contributed by atoms with Crippen molar-refractivity contribution in [2.24, 2.45) is 16.7 Å². The normalized spacial score (nSPS) is 39.2. The first kappa shape index (κ1) is 21.5. The quantitative estimate of drug-likeness (QED) is 0.413. The number of ketones is 2. The van der Waals surface area contributed by atoms with Crippen molar-refractivity contribution in [3.63, 3.8) is 0 Å². The van der Waals surface area contributed by atoms with Gasteiger partial charge in [0.15, 0.2) is 0 Å². The van der Waals surface area contributed by atoms with Gasteiger partial charge in [-0.1, -0.05) is 79.8 Å². The van der Waals surface area contributed by atoms with Crippen LogP contribution in [0.15, 0.2) is 72.8 Å². The zero-order valence-electron chi connectivity index (χ0n) is 20.7. The van der Waals surface area contributed by atoms with Gasteiger partial charge in [-0.2, -0.15) is 0 Å². The summed E-state index contributed by atoms with van der Waals surface area (Å²) in [7, 11) is 0. The lowest BCUT2D eigenvalue weighted by Crippen LogP contribution is -2.68. The summed E-state index contributed by atoms with van der Waals surface area (Å²) in [6.07, 6.45) is 18.3. The van der Waals surface area contributed by atoms with Crippen LogP contribution in [0, 0.1) is 16.7 Å². The highest BCUT2D eigenvalue weighted by atomic mass is 16.1. The van der Waals surface area contributed by atoms with E-state index >= 15 is 0 Å². The van der Waals surface area contributed by atoms with Gasteiger partial charge < -0.3 is 0 Å². The van der Waals surface area contributed by atoms with E-state index in [0.29, 0.717) is 17.5 Å². The van der Waals surface area contributed by atoms with Gasteiger partial charge in [-0.05, 0) is 78.5 Å². The summed E-state index contributed by atoms with van der Waals surface area (Å²) in [5, 5.41) is 0. The third-order valence-corrected chi connectivity index (χ3v) is 11.1. The molecule has 6 aliphatic rings. The van der Waals surface area contributed by atoms with E-state index in [-0.39, 0.29) is 21.7 Å². The van der Waals surface area contributed by atoms with E-state index in [1.165, 1.54) is 28.7 Å². The van der Waals surface area contributed by atoms with E-state index in [1.54, 1.807) is 0 Å². The number of carbonyl (C=O) groups is 2. The molecule has 35 heavy (non-hydrogen) atoms. The van der Waals surface area contributed by atoms with E-state index in [9.17, 15) is 9.59 Å². The summed E-state index contributed by atoms with van der Waals surface area (Å²) in [6.45, 7) is 2.23. The van der Waals surface area contributed by atoms with Crippen molar-refractivity contribution in [1.82, 2.24) is 0 Å². The molecule has 0 saturated heterocycles. The molecule has 0 spiro atoms. The van der Waals surface area contributed by atoms with Crippen LogP contribution in [-0.4, -0.2) is 11.6 Å². The number of rotatable bonds is 0. The van der Waals surface area contributed by atoms with Crippen molar-refractivity contribution in [3.05, 3.63) is 95.1 Å². The first-order chi connectivity index (χ1) is 17.0. The van der Waals surface area contributed by atoms with Crippen molar-refractivity contribution in [3.8, 4) is 0 Å². The third-order valence-electron chi connectivity index (χ3n) is 11.1. The van der Waals surface area contributed by atoms with Crippen LogP contribution in [-0.2, 0) is 33.3 Å². The number of benzene rings is 2. The van der Waals surface area contributed by atoms with Crippen LogP contribution in [0.2, 0.25) is 0 Å². The second-order valence-electron chi connectivity index (χ2n) is 12.1. The predicted molar refractivity (Wildman–Crippen MR) is 138 cm³/mol. The zero-order chi connectivity index (χ0) is 23.9. The topological polar surface area (TPSA) is 34.1 Å². The molecule has 0 heterocycles. The Morgan fingerprint density at radius 2 is 1.34 bits per heavy atom. The van der Waals surface area contributed by atoms with Crippen molar-refractivity contribution < 1.29 is 9.59 Å². The second kappa shape index (κ2) is 7.15. The van der Waals surface area contributed by atoms with Gasteiger partial charge >= 0.3 is 0 Å². The minimum absolute atomic E-state index is 0.0316. The molecule has 2 nitrogen and oxygen atoms in total. The van der Waals surface area contributed by atoms with E-state index < -0.39 is 0 Å². The average molecular weight is 463 g/mol. The van der Waals surface area contributed by atoms with Gasteiger partial charge in [-0.15, -0.1) is 0 Å². The third kappa shape index (κ3) is 2.42. The fourth-order valence-electron chi connectivity index (χ4n) is 9.37. The Kier molecular flexibility index (Phi) is 4.40. The fourth-order valence-corrected chi connectivity index (χ4v) is 9.37. The molecule has 5 atom stereocenters. The Morgan fingerprint density at radius 3 is 2.09 bits per heavy atom. The van der Waals surface area contributed by atoms with Crippen LogP contribution in [0.25, 0.3) is 0 Å². The number of fused-ring (bicyclic) bond motifs is 2. The van der Waals surface area contributed by atoms with Gasteiger partial charge in [-0.25, -0.2) is 0 Å². The molecule has 2 heteroatoms. The number of hydrogen-bond donors (Lipinski definition) is 0. The lowest BCUT2D eigenvalue weighted by Gasteiger charge is -2.64. The Labute approximate surface area is 208 Å².